The van der Waals surface area contributed by atoms with Gasteiger partial charge in [-0.05, 0) is 25.0 Å². The zero-order valence-corrected chi connectivity index (χ0v) is 5.96. The van der Waals surface area contributed by atoms with Gasteiger partial charge in [0.15, 0.2) is 5.78 Å². The highest BCUT2D eigenvalue weighted by molar-refractivity contribution is 5.97. The third-order valence-corrected chi connectivity index (χ3v) is 2.67. The molecule has 0 saturated heterocycles. The quantitative estimate of drug-likeness (QED) is 0.538. The SMILES string of the molecule is COC12C=CC(=O)C1CC2. The highest BCUT2D eigenvalue weighted by atomic mass is 16.5. The maximum absolute atomic E-state index is 11.0. The molecule has 0 bridgehead atoms. The van der Waals surface area contributed by atoms with Crippen molar-refractivity contribution in [1.82, 2.24) is 0 Å². The van der Waals surface area contributed by atoms with Crippen molar-refractivity contribution < 1.29 is 9.53 Å². The van der Waals surface area contributed by atoms with E-state index in [-0.39, 0.29) is 17.3 Å². The van der Waals surface area contributed by atoms with E-state index in [0.29, 0.717) is 0 Å². The van der Waals surface area contributed by atoms with E-state index in [2.05, 4.69) is 0 Å². The number of hydrogen-bond acceptors (Lipinski definition) is 2. The van der Waals surface area contributed by atoms with Crippen LogP contribution in [0.1, 0.15) is 12.8 Å². The summed E-state index contributed by atoms with van der Waals surface area (Å²) in [6.07, 6.45) is 5.57. The fraction of sp³-hybridized carbons (Fsp3) is 0.625. The topological polar surface area (TPSA) is 26.3 Å². The van der Waals surface area contributed by atoms with Gasteiger partial charge in [0.2, 0.25) is 0 Å². The molecule has 0 spiro atoms. The lowest BCUT2D eigenvalue weighted by Gasteiger charge is -2.41. The highest BCUT2D eigenvalue weighted by Crippen LogP contribution is 2.46. The van der Waals surface area contributed by atoms with Crippen LogP contribution in [0.25, 0.3) is 0 Å². The van der Waals surface area contributed by atoms with Gasteiger partial charge in [0.05, 0.1) is 11.5 Å². The van der Waals surface area contributed by atoms with Crippen molar-refractivity contribution in [1.29, 1.82) is 0 Å². The maximum Gasteiger partial charge on any atom is 0.161 e. The van der Waals surface area contributed by atoms with E-state index >= 15 is 0 Å². The van der Waals surface area contributed by atoms with Gasteiger partial charge in [0.25, 0.3) is 0 Å². The van der Waals surface area contributed by atoms with Gasteiger partial charge in [-0.2, -0.15) is 0 Å². The summed E-state index contributed by atoms with van der Waals surface area (Å²) in [4.78, 5) is 11.0. The Bertz CT molecular complexity index is 203. The Labute approximate surface area is 59.9 Å². The maximum atomic E-state index is 11.0. The van der Waals surface area contributed by atoms with Gasteiger partial charge < -0.3 is 4.74 Å². The molecule has 0 aromatic rings. The van der Waals surface area contributed by atoms with E-state index in [0.717, 1.165) is 12.8 Å². The zero-order valence-electron chi connectivity index (χ0n) is 5.96. The van der Waals surface area contributed by atoms with Crippen molar-refractivity contribution in [2.24, 2.45) is 5.92 Å². The van der Waals surface area contributed by atoms with Crippen molar-refractivity contribution in [3.05, 3.63) is 12.2 Å². The first-order valence-corrected chi connectivity index (χ1v) is 3.57. The summed E-state index contributed by atoms with van der Waals surface area (Å²) in [5.41, 5.74) is -0.183. The molecule has 0 amide bonds. The number of rotatable bonds is 1. The molecule has 0 aromatic heterocycles. The van der Waals surface area contributed by atoms with Crippen LogP contribution in [0, 0.1) is 5.92 Å². The fourth-order valence-electron chi connectivity index (χ4n) is 1.81. The Kier molecular flexibility index (Phi) is 1.04. The van der Waals surface area contributed by atoms with E-state index in [4.69, 9.17) is 4.74 Å². The summed E-state index contributed by atoms with van der Waals surface area (Å²) < 4.78 is 5.26. The number of carbonyl (C=O) groups excluding carboxylic acids is 1. The summed E-state index contributed by atoms with van der Waals surface area (Å²) in [7, 11) is 1.68. The summed E-state index contributed by atoms with van der Waals surface area (Å²) in [5.74, 6) is 0.394. The Morgan fingerprint density at radius 3 is 2.90 bits per heavy atom. The first-order valence-electron chi connectivity index (χ1n) is 3.57. The van der Waals surface area contributed by atoms with Gasteiger partial charge in [-0.15, -0.1) is 0 Å². The van der Waals surface area contributed by atoms with Gasteiger partial charge in [0.1, 0.15) is 0 Å². The van der Waals surface area contributed by atoms with Crippen LogP contribution in [0.3, 0.4) is 0 Å². The summed E-state index contributed by atoms with van der Waals surface area (Å²) in [6, 6.07) is 0. The second kappa shape index (κ2) is 1.70. The third kappa shape index (κ3) is 0.504. The standard InChI is InChI=1S/C8H10O2/c1-10-8-4-2-6(8)7(9)3-5-8/h3,5-6H,2,4H2,1H3. The minimum absolute atomic E-state index is 0.150. The van der Waals surface area contributed by atoms with Gasteiger partial charge >= 0.3 is 0 Å². The van der Waals surface area contributed by atoms with Crippen LogP contribution in [0.4, 0.5) is 0 Å². The molecule has 2 rings (SSSR count). The molecule has 2 nitrogen and oxygen atoms in total. The fourth-order valence-corrected chi connectivity index (χ4v) is 1.81. The van der Waals surface area contributed by atoms with E-state index < -0.39 is 0 Å². The molecule has 1 fully saturated rings. The third-order valence-electron chi connectivity index (χ3n) is 2.67. The second-order valence-corrected chi connectivity index (χ2v) is 2.99. The molecule has 2 atom stereocenters. The number of fused-ring (bicyclic) bond motifs is 1. The summed E-state index contributed by atoms with van der Waals surface area (Å²) >= 11 is 0. The van der Waals surface area contributed by atoms with Crippen molar-refractivity contribution in [3.63, 3.8) is 0 Å². The molecule has 0 radical (unpaired) electrons. The monoisotopic (exact) mass is 138 g/mol. The largest absolute Gasteiger partial charge is 0.373 e. The summed E-state index contributed by atoms with van der Waals surface area (Å²) in [5, 5.41) is 0. The van der Waals surface area contributed by atoms with Gasteiger partial charge in [-0.1, -0.05) is 0 Å². The van der Waals surface area contributed by atoms with Gasteiger partial charge in [-0.25, -0.2) is 0 Å². The Morgan fingerprint density at radius 2 is 2.60 bits per heavy atom. The molecule has 0 N–H and O–H groups in total. The predicted octanol–water partition coefficient (Wildman–Crippen LogP) is 0.921. The number of hydrogen-bond donors (Lipinski definition) is 0. The van der Waals surface area contributed by atoms with Crippen LogP contribution in [-0.2, 0) is 9.53 Å². The average molecular weight is 138 g/mol. The molecule has 0 aliphatic heterocycles. The second-order valence-electron chi connectivity index (χ2n) is 2.99. The molecule has 1 saturated carbocycles. The van der Waals surface area contributed by atoms with Crippen LogP contribution >= 0.6 is 0 Å². The normalized spacial score (nSPS) is 43.3. The smallest absolute Gasteiger partial charge is 0.161 e. The molecular weight excluding hydrogens is 128 g/mol. The Morgan fingerprint density at radius 1 is 1.80 bits per heavy atom. The van der Waals surface area contributed by atoms with Crippen LogP contribution in [0.15, 0.2) is 12.2 Å². The molecule has 2 aliphatic rings. The molecule has 54 valence electrons. The van der Waals surface area contributed by atoms with Gasteiger partial charge in [0, 0.05) is 7.11 Å². The molecule has 0 heterocycles. The van der Waals surface area contributed by atoms with E-state index in [1.165, 1.54) is 0 Å². The number of ether oxygens (including phenoxy) is 1. The van der Waals surface area contributed by atoms with Gasteiger partial charge in [-0.3, -0.25) is 4.79 Å². The average Bonchev–Trinajstić information content (AvgIpc) is 2.06. The van der Waals surface area contributed by atoms with Crippen LogP contribution in [0.5, 0.6) is 0 Å². The van der Waals surface area contributed by atoms with Crippen molar-refractivity contribution in [3.8, 4) is 0 Å². The molecule has 0 aromatic carbocycles. The number of ketones is 1. The molecule has 2 aliphatic carbocycles. The molecule has 2 unspecified atom stereocenters. The zero-order chi connectivity index (χ0) is 7.19. The lowest BCUT2D eigenvalue weighted by atomic mass is 9.71. The minimum Gasteiger partial charge on any atom is -0.373 e. The van der Waals surface area contributed by atoms with Crippen LogP contribution < -0.4 is 0 Å². The van der Waals surface area contributed by atoms with Crippen LogP contribution in [0.2, 0.25) is 0 Å². The van der Waals surface area contributed by atoms with Crippen molar-refractivity contribution in [2.45, 2.75) is 18.4 Å². The van der Waals surface area contributed by atoms with Crippen LogP contribution in [-0.4, -0.2) is 18.5 Å². The highest BCUT2D eigenvalue weighted by Gasteiger charge is 2.51. The van der Waals surface area contributed by atoms with E-state index in [1.54, 1.807) is 13.2 Å². The number of carbonyl (C=O) groups is 1. The Hall–Kier alpha value is -0.630. The van der Waals surface area contributed by atoms with E-state index in [1.807, 2.05) is 6.08 Å². The minimum atomic E-state index is -0.183. The first-order chi connectivity index (χ1) is 4.78. The lowest BCUT2D eigenvalue weighted by Crippen LogP contribution is -2.46. The molecular formula is C8H10O2. The van der Waals surface area contributed by atoms with Crippen molar-refractivity contribution >= 4 is 5.78 Å². The number of methoxy groups -OCH3 is 1. The first kappa shape index (κ1) is 6.10. The lowest BCUT2D eigenvalue weighted by molar-refractivity contribution is -0.135. The molecule has 10 heavy (non-hydrogen) atoms. The Balaban J connectivity index is 2.27. The van der Waals surface area contributed by atoms with E-state index in [9.17, 15) is 4.79 Å². The molecule has 2 heteroatoms. The predicted molar refractivity (Wildman–Crippen MR) is 36.6 cm³/mol. The number of allylic oxidation sites excluding steroid dienone is 1. The summed E-state index contributed by atoms with van der Waals surface area (Å²) in [6.45, 7) is 0. The van der Waals surface area contributed by atoms with Crippen molar-refractivity contribution in [2.75, 3.05) is 7.11 Å².